The van der Waals surface area contributed by atoms with Crippen molar-refractivity contribution in [1.29, 1.82) is 0 Å². The van der Waals surface area contributed by atoms with E-state index in [1.54, 1.807) is 0 Å². The van der Waals surface area contributed by atoms with Gasteiger partial charge in [-0.2, -0.15) is 4.31 Å². The van der Waals surface area contributed by atoms with Gasteiger partial charge >= 0.3 is 15.6 Å². The summed E-state index contributed by atoms with van der Waals surface area (Å²) in [5.74, 6) is -1.29. The number of phosphoric acid groups is 2. The Morgan fingerprint density at radius 1 is 1.17 bits per heavy atom. The fraction of sp³-hybridized carbons (Fsp3) is 0.800. The number of carbonyl (C=O) groups excluding carboxylic acids is 1. The average molecular weight is 310 g/mol. The standard InChI is InChI=1S/C5H12O11P2/c6-1-3(7)5(9)4(8)2-15-18(13,14)16-17(10,11)12/h3,5-7,9H,1-2H2,(H,13,14)(H2,10,11,12)/t3-,5+/m1/s1. The van der Waals surface area contributed by atoms with Crippen LogP contribution >= 0.6 is 15.6 Å². The van der Waals surface area contributed by atoms with Gasteiger partial charge < -0.3 is 30.0 Å². The van der Waals surface area contributed by atoms with Gasteiger partial charge in [-0.15, -0.1) is 0 Å². The molecule has 0 aliphatic carbocycles. The first-order valence-corrected chi connectivity index (χ1v) is 7.25. The lowest BCUT2D eigenvalue weighted by atomic mass is 10.1. The SMILES string of the molecule is O=C(COP(=O)(O)OP(=O)(O)O)[C@@H](O)[C@H](O)CO. The number of aliphatic hydroxyl groups excluding tert-OH is 3. The summed E-state index contributed by atoms with van der Waals surface area (Å²) in [5.41, 5.74) is 0. The molecule has 0 radical (unpaired) electrons. The largest absolute Gasteiger partial charge is 0.481 e. The van der Waals surface area contributed by atoms with Crippen molar-refractivity contribution in [3.8, 4) is 0 Å². The van der Waals surface area contributed by atoms with Gasteiger partial charge in [0.15, 0.2) is 5.78 Å². The van der Waals surface area contributed by atoms with E-state index in [9.17, 15) is 13.9 Å². The van der Waals surface area contributed by atoms with Gasteiger partial charge in [0.2, 0.25) is 0 Å². The Balaban J connectivity index is 4.37. The quantitative estimate of drug-likeness (QED) is 0.259. The summed E-state index contributed by atoms with van der Waals surface area (Å²) < 4.78 is 28.3. The lowest BCUT2D eigenvalue weighted by molar-refractivity contribution is -0.137. The van der Waals surface area contributed by atoms with Crippen molar-refractivity contribution < 1.29 is 52.8 Å². The molecule has 0 aromatic heterocycles. The molecule has 0 rings (SSSR count). The van der Waals surface area contributed by atoms with Crippen molar-refractivity contribution in [2.75, 3.05) is 13.2 Å². The maximum atomic E-state index is 11.0. The zero-order chi connectivity index (χ0) is 14.6. The van der Waals surface area contributed by atoms with Gasteiger partial charge in [0.1, 0.15) is 18.8 Å². The first kappa shape index (κ1) is 17.8. The Kier molecular flexibility index (Phi) is 6.75. The van der Waals surface area contributed by atoms with Crippen LogP contribution in [-0.2, 0) is 22.8 Å². The minimum Gasteiger partial charge on any atom is -0.394 e. The van der Waals surface area contributed by atoms with E-state index in [2.05, 4.69) is 8.83 Å². The maximum Gasteiger partial charge on any atom is 0.481 e. The highest BCUT2D eigenvalue weighted by Gasteiger charge is 2.34. The molecule has 11 nitrogen and oxygen atoms in total. The van der Waals surface area contributed by atoms with Crippen molar-refractivity contribution in [3.05, 3.63) is 0 Å². The van der Waals surface area contributed by atoms with Gasteiger partial charge in [0.05, 0.1) is 6.61 Å². The summed E-state index contributed by atoms with van der Waals surface area (Å²) in [5, 5.41) is 26.3. The van der Waals surface area contributed by atoms with E-state index in [0.29, 0.717) is 0 Å². The van der Waals surface area contributed by atoms with Gasteiger partial charge in [0, 0.05) is 0 Å². The van der Waals surface area contributed by atoms with Gasteiger partial charge in [-0.05, 0) is 0 Å². The molecule has 0 saturated heterocycles. The van der Waals surface area contributed by atoms with Crippen molar-refractivity contribution in [3.63, 3.8) is 0 Å². The number of hydrogen-bond donors (Lipinski definition) is 6. The van der Waals surface area contributed by atoms with E-state index >= 15 is 0 Å². The molecule has 0 fully saturated rings. The Labute approximate surface area is 100 Å². The molecule has 18 heavy (non-hydrogen) atoms. The lowest BCUT2D eigenvalue weighted by Gasteiger charge is -2.16. The maximum absolute atomic E-state index is 11.0. The minimum atomic E-state index is -5.30. The zero-order valence-electron chi connectivity index (χ0n) is 8.69. The summed E-state index contributed by atoms with van der Waals surface area (Å²) in [7, 11) is -10.5. The predicted octanol–water partition coefficient (Wildman–Crippen LogP) is -2.50. The van der Waals surface area contributed by atoms with E-state index in [-0.39, 0.29) is 0 Å². The number of carbonyl (C=O) groups is 1. The van der Waals surface area contributed by atoms with Gasteiger partial charge in [0.25, 0.3) is 0 Å². The summed E-state index contributed by atoms with van der Waals surface area (Å²) in [4.78, 5) is 36.2. The van der Waals surface area contributed by atoms with Crippen LogP contribution in [0.1, 0.15) is 0 Å². The van der Waals surface area contributed by atoms with Crippen molar-refractivity contribution >= 4 is 21.4 Å². The molecule has 108 valence electrons. The number of phosphoric ester groups is 1. The van der Waals surface area contributed by atoms with Gasteiger partial charge in [-0.25, -0.2) is 9.13 Å². The van der Waals surface area contributed by atoms with E-state index in [1.165, 1.54) is 0 Å². The van der Waals surface area contributed by atoms with Crippen LogP contribution in [0.4, 0.5) is 0 Å². The third-order valence-corrected chi connectivity index (χ3v) is 3.59. The number of aliphatic hydroxyl groups is 3. The Hall–Kier alpha value is -0.190. The molecule has 0 bridgehead atoms. The molecular formula is C5H12O11P2. The number of ketones is 1. The summed E-state index contributed by atoms with van der Waals surface area (Å²) >= 11 is 0. The predicted molar refractivity (Wildman–Crippen MR) is 53.0 cm³/mol. The summed E-state index contributed by atoms with van der Waals surface area (Å²) in [6.07, 6.45) is -3.90. The Morgan fingerprint density at radius 3 is 2.06 bits per heavy atom. The van der Waals surface area contributed by atoms with Crippen LogP contribution in [-0.4, -0.2) is 61.2 Å². The monoisotopic (exact) mass is 310 g/mol. The number of rotatable bonds is 8. The smallest absolute Gasteiger partial charge is 0.394 e. The molecule has 6 N–H and O–H groups in total. The van der Waals surface area contributed by atoms with E-state index in [1.807, 2.05) is 0 Å². The van der Waals surface area contributed by atoms with Crippen molar-refractivity contribution in [2.45, 2.75) is 12.2 Å². The molecule has 3 atom stereocenters. The molecule has 0 aliphatic heterocycles. The van der Waals surface area contributed by atoms with Crippen LogP contribution < -0.4 is 0 Å². The van der Waals surface area contributed by atoms with Gasteiger partial charge in [-0.1, -0.05) is 0 Å². The molecule has 0 heterocycles. The van der Waals surface area contributed by atoms with Crippen LogP contribution in [0, 0.1) is 0 Å². The molecule has 0 aliphatic rings. The second kappa shape index (κ2) is 6.83. The van der Waals surface area contributed by atoms with E-state index in [4.69, 9.17) is 30.0 Å². The lowest BCUT2D eigenvalue weighted by Crippen LogP contribution is -2.38. The fourth-order valence-electron chi connectivity index (χ4n) is 0.703. The molecular weight excluding hydrogens is 298 g/mol. The average Bonchev–Trinajstić information content (AvgIpc) is 2.20. The van der Waals surface area contributed by atoms with E-state index in [0.717, 1.165) is 0 Å². The van der Waals surface area contributed by atoms with Crippen molar-refractivity contribution in [1.82, 2.24) is 0 Å². The van der Waals surface area contributed by atoms with Crippen LogP contribution in [0.2, 0.25) is 0 Å². The number of Topliss-reactive ketones (excluding diaryl/α,β-unsaturated/α-hetero) is 1. The number of hydrogen-bond acceptors (Lipinski definition) is 8. The molecule has 1 unspecified atom stereocenters. The molecule has 0 spiro atoms. The molecule has 0 aromatic rings. The zero-order valence-corrected chi connectivity index (χ0v) is 10.5. The van der Waals surface area contributed by atoms with Crippen LogP contribution in [0.5, 0.6) is 0 Å². The fourth-order valence-corrected chi connectivity index (χ4v) is 2.26. The Morgan fingerprint density at radius 2 is 1.67 bits per heavy atom. The van der Waals surface area contributed by atoms with E-state index < -0.39 is 46.9 Å². The van der Waals surface area contributed by atoms with Crippen LogP contribution in [0.25, 0.3) is 0 Å². The second-order valence-corrected chi connectivity index (χ2v) is 5.80. The highest BCUT2D eigenvalue weighted by atomic mass is 31.3. The van der Waals surface area contributed by atoms with Crippen LogP contribution in [0.3, 0.4) is 0 Å². The molecule has 13 heteroatoms. The Bertz CT molecular complexity index is 374. The third kappa shape index (κ3) is 7.29. The summed E-state index contributed by atoms with van der Waals surface area (Å²) in [6, 6.07) is 0. The summed E-state index contributed by atoms with van der Waals surface area (Å²) in [6.45, 7) is -2.20. The molecule has 0 saturated carbocycles. The third-order valence-electron chi connectivity index (χ3n) is 1.46. The van der Waals surface area contributed by atoms with Crippen molar-refractivity contribution in [2.24, 2.45) is 0 Å². The van der Waals surface area contributed by atoms with Crippen LogP contribution in [0.15, 0.2) is 0 Å². The molecule has 0 aromatic carbocycles. The normalized spacial score (nSPS) is 19.0. The first-order chi connectivity index (χ1) is 7.98. The highest BCUT2D eigenvalue weighted by Crippen LogP contribution is 2.57. The molecule has 0 amide bonds. The van der Waals surface area contributed by atoms with Gasteiger partial charge in [-0.3, -0.25) is 9.32 Å². The second-order valence-electron chi connectivity index (χ2n) is 2.98. The highest BCUT2D eigenvalue weighted by molar-refractivity contribution is 7.60. The topological polar surface area (TPSA) is 191 Å². The minimum absolute atomic E-state index is 0.942. The first-order valence-electron chi connectivity index (χ1n) is 4.22.